The molecule has 15 heavy (non-hydrogen) atoms. The summed E-state index contributed by atoms with van der Waals surface area (Å²) in [7, 11) is 0. The predicted molar refractivity (Wildman–Crippen MR) is 55.7 cm³/mol. The summed E-state index contributed by atoms with van der Waals surface area (Å²) in [5.41, 5.74) is 2.39. The second kappa shape index (κ2) is 3.28. The summed E-state index contributed by atoms with van der Waals surface area (Å²) in [5, 5.41) is 3.45. The molecule has 2 aromatic rings. The van der Waals surface area contributed by atoms with Crippen LogP contribution in [0, 0.1) is 6.92 Å². The maximum atomic E-state index is 5.53. The van der Waals surface area contributed by atoms with Gasteiger partial charge in [-0.2, -0.15) is 0 Å². The van der Waals surface area contributed by atoms with Gasteiger partial charge in [0.15, 0.2) is 0 Å². The number of fused-ring (bicyclic) bond motifs is 1. The van der Waals surface area contributed by atoms with Crippen molar-refractivity contribution in [3.05, 3.63) is 47.3 Å². The van der Waals surface area contributed by atoms with Gasteiger partial charge in [0, 0.05) is 18.5 Å². The van der Waals surface area contributed by atoms with Crippen LogP contribution in [0.4, 0.5) is 0 Å². The summed E-state index contributed by atoms with van der Waals surface area (Å²) in [6.07, 6.45) is 4.45. The monoisotopic (exact) mass is 203 g/mol. The topological polar surface area (TPSA) is 38.3 Å². The summed E-state index contributed by atoms with van der Waals surface area (Å²) < 4.78 is 11.0. The highest BCUT2D eigenvalue weighted by molar-refractivity contribution is 5.34. The summed E-state index contributed by atoms with van der Waals surface area (Å²) in [4.78, 5) is 0. The first kappa shape index (κ1) is 8.80. The van der Waals surface area contributed by atoms with Gasteiger partial charge in [0.05, 0.1) is 18.6 Å². The molecule has 78 valence electrons. The Morgan fingerprint density at radius 3 is 2.93 bits per heavy atom. The van der Waals surface area contributed by atoms with Gasteiger partial charge in [0.25, 0.3) is 0 Å². The number of hydrogen-bond acceptors (Lipinski definition) is 3. The molecule has 3 heteroatoms. The number of rotatable bonds is 1. The molecule has 1 aliphatic rings. The minimum atomic E-state index is 0.155. The fourth-order valence-corrected chi connectivity index (χ4v) is 2.17. The SMILES string of the molecule is Cc1ccoc1C1NCCc2occc21. The third-order valence-electron chi connectivity index (χ3n) is 2.96. The van der Waals surface area contributed by atoms with E-state index in [4.69, 9.17) is 8.83 Å². The van der Waals surface area contributed by atoms with Crippen molar-refractivity contribution in [1.29, 1.82) is 0 Å². The number of hydrogen-bond donors (Lipinski definition) is 1. The van der Waals surface area contributed by atoms with Crippen LogP contribution in [0.5, 0.6) is 0 Å². The summed E-state index contributed by atoms with van der Waals surface area (Å²) in [5.74, 6) is 2.08. The molecule has 0 saturated carbocycles. The zero-order valence-electron chi connectivity index (χ0n) is 8.62. The molecule has 3 nitrogen and oxygen atoms in total. The lowest BCUT2D eigenvalue weighted by atomic mass is 9.98. The van der Waals surface area contributed by atoms with Gasteiger partial charge >= 0.3 is 0 Å². The van der Waals surface area contributed by atoms with E-state index < -0.39 is 0 Å². The van der Waals surface area contributed by atoms with Gasteiger partial charge in [-0.25, -0.2) is 0 Å². The Balaban J connectivity index is 2.07. The van der Waals surface area contributed by atoms with E-state index in [9.17, 15) is 0 Å². The van der Waals surface area contributed by atoms with Gasteiger partial charge in [0.2, 0.25) is 0 Å². The molecule has 1 atom stereocenters. The van der Waals surface area contributed by atoms with E-state index in [1.165, 1.54) is 11.1 Å². The summed E-state index contributed by atoms with van der Waals surface area (Å²) in [6, 6.07) is 4.17. The Kier molecular flexibility index (Phi) is 1.92. The van der Waals surface area contributed by atoms with Crippen molar-refractivity contribution in [2.24, 2.45) is 0 Å². The lowest BCUT2D eigenvalue weighted by molar-refractivity contribution is 0.406. The van der Waals surface area contributed by atoms with Gasteiger partial charge in [-0.3, -0.25) is 0 Å². The Hall–Kier alpha value is -1.48. The van der Waals surface area contributed by atoms with Crippen LogP contribution in [-0.4, -0.2) is 6.54 Å². The van der Waals surface area contributed by atoms with E-state index in [0.29, 0.717) is 0 Å². The van der Waals surface area contributed by atoms with Crippen molar-refractivity contribution in [3.8, 4) is 0 Å². The zero-order valence-corrected chi connectivity index (χ0v) is 8.62. The van der Waals surface area contributed by atoms with Gasteiger partial charge in [-0.05, 0) is 24.6 Å². The quantitative estimate of drug-likeness (QED) is 0.773. The normalized spacial score (nSPS) is 20.2. The van der Waals surface area contributed by atoms with Crippen LogP contribution in [0.15, 0.2) is 33.5 Å². The number of aryl methyl sites for hydroxylation is 1. The average Bonchev–Trinajstić information content (AvgIpc) is 2.85. The smallest absolute Gasteiger partial charge is 0.128 e. The Morgan fingerprint density at radius 1 is 1.27 bits per heavy atom. The van der Waals surface area contributed by atoms with Crippen LogP contribution < -0.4 is 5.32 Å². The van der Waals surface area contributed by atoms with Crippen LogP contribution in [-0.2, 0) is 6.42 Å². The molecule has 0 fully saturated rings. The molecule has 0 radical (unpaired) electrons. The van der Waals surface area contributed by atoms with Gasteiger partial charge in [-0.15, -0.1) is 0 Å². The fraction of sp³-hybridized carbons (Fsp3) is 0.333. The molecule has 0 aliphatic carbocycles. The third kappa shape index (κ3) is 1.31. The molecule has 1 N–H and O–H groups in total. The molecule has 0 aromatic carbocycles. The van der Waals surface area contributed by atoms with Gasteiger partial charge in [0.1, 0.15) is 11.5 Å². The van der Waals surface area contributed by atoms with E-state index in [-0.39, 0.29) is 6.04 Å². The van der Waals surface area contributed by atoms with Crippen LogP contribution in [0.25, 0.3) is 0 Å². The van der Waals surface area contributed by atoms with Crippen LogP contribution in [0.3, 0.4) is 0 Å². The van der Waals surface area contributed by atoms with E-state index in [0.717, 1.165) is 24.5 Å². The zero-order chi connectivity index (χ0) is 10.3. The van der Waals surface area contributed by atoms with E-state index >= 15 is 0 Å². The predicted octanol–water partition coefficient (Wildman–Crippen LogP) is 2.42. The second-order valence-electron chi connectivity index (χ2n) is 3.90. The van der Waals surface area contributed by atoms with E-state index in [1.54, 1.807) is 12.5 Å². The molecule has 2 aromatic heterocycles. The molecule has 3 heterocycles. The Labute approximate surface area is 88.1 Å². The Morgan fingerprint density at radius 2 is 2.13 bits per heavy atom. The van der Waals surface area contributed by atoms with Crippen LogP contribution in [0.2, 0.25) is 0 Å². The molecular formula is C12H13NO2. The van der Waals surface area contributed by atoms with Crippen LogP contribution >= 0.6 is 0 Å². The highest BCUT2D eigenvalue weighted by Gasteiger charge is 2.26. The van der Waals surface area contributed by atoms with Crippen molar-refractivity contribution in [3.63, 3.8) is 0 Å². The molecule has 0 saturated heterocycles. The first-order valence-electron chi connectivity index (χ1n) is 5.20. The lowest BCUT2D eigenvalue weighted by Gasteiger charge is -2.22. The van der Waals surface area contributed by atoms with Crippen molar-refractivity contribution in [2.45, 2.75) is 19.4 Å². The lowest BCUT2D eigenvalue weighted by Crippen LogP contribution is -2.29. The van der Waals surface area contributed by atoms with E-state index in [1.807, 2.05) is 12.1 Å². The molecule has 1 aliphatic heterocycles. The van der Waals surface area contributed by atoms with Crippen LogP contribution in [0.1, 0.15) is 28.7 Å². The van der Waals surface area contributed by atoms with Crippen molar-refractivity contribution in [2.75, 3.05) is 6.54 Å². The van der Waals surface area contributed by atoms with Crippen molar-refractivity contribution < 1.29 is 8.83 Å². The highest BCUT2D eigenvalue weighted by atomic mass is 16.3. The van der Waals surface area contributed by atoms with Gasteiger partial charge in [-0.1, -0.05) is 0 Å². The molecule has 3 rings (SSSR count). The molecule has 0 bridgehead atoms. The minimum absolute atomic E-state index is 0.155. The van der Waals surface area contributed by atoms with E-state index in [2.05, 4.69) is 12.2 Å². The second-order valence-corrected chi connectivity index (χ2v) is 3.90. The molecular weight excluding hydrogens is 190 g/mol. The first-order valence-corrected chi connectivity index (χ1v) is 5.20. The number of nitrogens with one attached hydrogen (secondary N) is 1. The molecule has 1 unspecified atom stereocenters. The first-order chi connectivity index (χ1) is 7.36. The standard InChI is InChI=1S/C12H13NO2/c1-8-3-6-15-12(8)11-9-4-7-14-10(9)2-5-13-11/h3-4,6-7,11,13H,2,5H2,1H3. The highest BCUT2D eigenvalue weighted by Crippen LogP contribution is 2.31. The summed E-state index contributed by atoms with van der Waals surface area (Å²) >= 11 is 0. The molecule has 0 amide bonds. The summed E-state index contributed by atoms with van der Waals surface area (Å²) in [6.45, 7) is 3.00. The molecule has 0 spiro atoms. The van der Waals surface area contributed by atoms with Crippen molar-refractivity contribution >= 4 is 0 Å². The van der Waals surface area contributed by atoms with Gasteiger partial charge < -0.3 is 14.2 Å². The third-order valence-corrected chi connectivity index (χ3v) is 2.96. The largest absolute Gasteiger partial charge is 0.469 e. The fourth-order valence-electron chi connectivity index (χ4n) is 2.17. The Bertz CT molecular complexity index is 469. The minimum Gasteiger partial charge on any atom is -0.469 e. The van der Waals surface area contributed by atoms with Crippen molar-refractivity contribution in [1.82, 2.24) is 5.32 Å². The number of furan rings is 2. The maximum absolute atomic E-state index is 5.53. The maximum Gasteiger partial charge on any atom is 0.128 e. The average molecular weight is 203 g/mol.